The SMILES string of the molecule is CC(CC(CC(ON(C(c1ccccc1)C(C)C)C(C)(C)C)C(=O)O)C(=O)OCCO)c1ccccc1. The number of aliphatic hydroxyl groups excluding tert-OH is 1. The van der Waals surface area contributed by atoms with Gasteiger partial charge in [-0.15, -0.1) is 0 Å². The third kappa shape index (κ3) is 9.26. The van der Waals surface area contributed by atoms with Gasteiger partial charge in [0.1, 0.15) is 6.61 Å². The fourth-order valence-corrected chi connectivity index (χ4v) is 4.56. The Morgan fingerprint density at radius 2 is 1.43 bits per heavy atom. The number of ether oxygens (including phenoxy) is 1. The highest BCUT2D eigenvalue weighted by Gasteiger charge is 2.39. The normalized spacial score (nSPS) is 15.3. The number of hydrogen-bond donors (Lipinski definition) is 2. The Morgan fingerprint density at radius 1 is 0.892 bits per heavy atom. The molecule has 0 radical (unpaired) electrons. The van der Waals surface area contributed by atoms with Crippen molar-refractivity contribution < 1.29 is 29.4 Å². The van der Waals surface area contributed by atoms with Crippen LogP contribution in [0.1, 0.15) is 77.5 Å². The number of benzene rings is 2. The van der Waals surface area contributed by atoms with Gasteiger partial charge in [-0.1, -0.05) is 81.4 Å². The number of esters is 1. The molecule has 0 aromatic heterocycles. The first kappa shape index (κ1) is 30.5. The summed E-state index contributed by atoms with van der Waals surface area (Å²) in [7, 11) is 0. The third-order valence-corrected chi connectivity index (χ3v) is 6.38. The number of rotatable bonds is 14. The Hall–Kier alpha value is -2.74. The molecular weight excluding hydrogens is 470 g/mol. The van der Waals surface area contributed by atoms with Crippen LogP contribution in [-0.2, 0) is 19.2 Å². The van der Waals surface area contributed by atoms with Crippen LogP contribution in [-0.4, -0.2) is 52.1 Å². The molecule has 0 fully saturated rings. The number of carbonyl (C=O) groups excluding carboxylic acids is 1. The lowest BCUT2D eigenvalue weighted by Crippen LogP contribution is -2.49. The van der Waals surface area contributed by atoms with E-state index in [9.17, 15) is 14.7 Å². The van der Waals surface area contributed by atoms with E-state index in [4.69, 9.17) is 14.7 Å². The van der Waals surface area contributed by atoms with Crippen molar-refractivity contribution in [1.82, 2.24) is 5.06 Å². The molecule has 0 aliphatic heterocycles. The summed E-state index contributed by atoms with van der Waals surface area (Å²) in [6.45, 7) is 11.7. The summed E-state index contributed by atoms with van der Waals surface area (Å²) in [5.41, 5.74) is 1.55. The average Bonchev–Trinajstić information content (AvgIpc) is 2.85. The molecule has 0 aliphatic rings. The van der Waals surface area contributed by atoms with Crippen LogP contribution in [0.2, 0.25) is 0 Å². The zero-order valence-corrected chi connectivity index (χ0v) is 23.0. The second-order valence-corrected chi connectivity index (χ2v) is 10.9. The Bertz CT molecular complexity index is 957. The molecule has 0 heterocycles. The summed E-state index contributed by atoms with van der Waals surface area (Å²) in [5.74, 6) is -2.28. The highest BCUT2D eigenvalue weighted by atomic mass is 16.7. The maximum atomic E-state index is 13.0. The quantitative estimate of drug-likeness (QED) is 0.251. The lowest BCUT2D eigenvalue weighted by molar-refractivity contribution is -0.275. The lowest BCUT2D eigenvalue weighted by atomic mass is 9.87. The van der Waals surface area contributed by atoms with Crippen molar-refractivity contribution in [2.45, 2.75) is 78.0 Å². The minimum absolute atomic E-state index is 0.00577. The monoisotopic (exact) mass is 513 g/mol. The van der Waals surface area contributed by atoms with Gasteiger partial charge >= 0.3 is 11.9 Å². The number of hydrogen-bond acceptors (Lipinski definition) is 6. The van der Waals surface area contributed by atoms with E-state index in [1.165, 1.54) is 0 Å². The molecular formula is C30H43NO6. The molecule has 7 nitrogen and oxygen atoms in total. The van der Waals surface area contributed by atoms with E-state index < -0.39 is 29.5 Å². The predicted molar refractivity (Wildman–Crippen MR) is 144 cm³/mol. The fraction of sp³-hybridized carbons (Fsp3) is 0.533. The molecule has 0 amide bonds. The molecule has 2 N–H and O–H groups in total. The van der Waals surface area contributed by atoms with E-state index in [2.05, 4.69) is 13.8 Å². The van der Waals surface area contributed by atoms with Crippen LogP contribution < -0.4 is 0 Å². The zero-order valence-electron chi connectivity index (χ0n) is 23.0. The second-order valence-electron chi connectivity index (χ2n) is 10.9. The number of aliphatic hydroxyl groups is 1. The smallest absolute Gasteiger partial charge is 0.335 e. The summed E-state index contributed by atoms with van der Waals surface area (Å²) < 4.78 is 5.25. The number of carboxylic acids is 1. The molecule has 204 valence electrons. The molecule has 2 aromatic carbocycles. The summed E-state index contributed by atoms with van der Waals surface area (Å²) in [6.07, 6.45) is -0.926. The van der Waals surface area contributed by atoms with Crippen molar-refractivity contribution in [3.05, 3.63) is 71.8 Å². The number of hydroxylamine groups is 2. The molecule has 7 heteroatoms. The van der Waals surface area contributed by atoms with Gasteiger partial charge in [-0.3, -0.25) is 9.63 Å². The third-order valence-electron chi connectivity index (χ3n) is 6.38. The van der Waals surface area contributed by atoms with Crippen molar-refractivity contribution in [2.24, 2.45) is 11.8 Å². The van der Waals surface area contributed by atoms with Crippen LogP contribution >= 0.6 is 0 Å². The van der Waals surface area contributed by atoms with Gasteiger partial charge in [-0.2, -0.15) is 5.06 Å². The average molecular weight is 514 g/mol. The maximum absolute atomic E-state index is 13.0. The van der Waals surface area contributed by atoms with Crippen LogP contribution in [0.25, 0.3) is 0 Å². The van der Waals surface area contributed by atoms with Gasteiger partial charge in [-0.25, -0.2) is 4.79 Å². The highest BCUT2D eigenvalue weighted by molar-refractivity contribution is 5.76. The van der Waals surface area contributed by atoms with E-state index in [0.717, 1.165) is 11.1 Å². The van der Waals surface area contributed by atoms with Crippen LogP contribution in [0.3, 0.4) is 0 Å². The van der Waals surface area contributed by atoms with Gasteiger partial charge in [0, 0.05) is 5.54 Å². The summed E-state index contributed by atoms with van der Waals surface area (Å²) in [5, 5.41) is 21.1. The predicted octanol–water partition coefficient (Wildman–Crippen LogP) is 5.60. The minimum Gasteiger partial charge on any atom is -0.479 e. The summed E-state index contributed by atoms with van der Waals surface area (Å²) >= 11 is 0. The maximum Gasteiger partial charge on any atom is 0.335 e. The van der Waals surface area contributed by atoms with Gasteiger partial charge in [0.25, 0.3) is 0 Å². The summed E-state index contributed by atoms with van der Waals surface area (Å²) in [6, 6.07) is 19.5. The summed E-state index contributed by atoms with van der Waals surface area (Å²) in [4.78, 5) is 31.8. The minimum atomic E-state index is -1.26. The first-order valence-corrected chi connectivity index (χ1v) is 13.0. The topological polar surface area (TPSA) is 96.3 Å². The largest absolute Gasteiger partial charge is 0.479 e. The zero-order chi connectivity index (χ0) is 27.6. The Kier molecular flexibility index (Phi) is 11.8. The van der Waals surface area contributed by atoms with Gasteiger partial charge < -0.3 is 14.9 Å². The van der Waals surface area contributed by atoms with Crippen molar-refractivity contribution in [3.63, 3.8) is 0 Å². The molecule has 2 aromatic rings. The van der Waals surface area contributed by atoms with Crippen molar-refractivity contribution >= 4 is 11.9 Å². The van der Waals surface area contributed by atoms with E-state index in [1.807, 2.05) is 88.4 Å². The second kappa shape index (κ2) is 14.3. The molecule has 0 saturated heterocycles. The number of aliphatic carboxylic acids is 1. The number of carboxylic acid groups (broad SMARTS) is 1. The Morgan fingerprint density at radius 3 is 1.89 bits per heavy atom. The first-order valence-electron chi connectivity index (χ1n) is 13.0. The molecule has 37 heavy (non-hydrogen) atoms. The van der Waals surface area contributed by atoms with Gasteiger partial charge in [0.05, 0.1) is 18.6 Å². The van der Waals surface area contributed by atoms with E-state index in [1.54, 1.807) is 5.06 Å². The first-order chi connectivity index (χ1) is 17.5. The molecule has 4 atom stereocenters. The fourth-order valence-electron chi connectivity index (χ4n) is 4.56. The molecule has 0 spiro atoms. The standard InChI is InChI=1S/C30H43NO6/c1-21(2)27(24-15-11-8-12-16-24)31(30(4,5)6)37-26(28(33)34)20-25(29(35)36-18-17-32)19-22(3)23-13-9-7-10-14-23/h7-16,21-22,25-27,32H,17-20H2,1-6H3,(H,33,34). The molecule has 2 rings (SSSR count). The number of carbonyl (C=O) groups is 2. The number of nitrogens with zero attached hydrogens (tertiary/aromatic N) is 1. The van der Waals surface area contributed by atoms with Crippen molar-refractivity contribution in [1.29, 1.82) is 0 Å². The molecule has 0 aliphatic carbocycles. The van der Waals surface area contributed by atoms with Crippen molar-refractivity contribution in [2.75, 3.05) is 13.2 Å². The molecule has 0 saturated carbocycles. The van der Waals surface area contributed by atoms with Crippen molar-refractivity contribution in [3.8, 4) is 0 Å². The van der Waals surface area contributed by atoms with E-state index in [-0.39, 0.29) is 37.5 Å². The molecule has 0 bridgehead atoms. The van der Waals surface area contributed by atoms with Crippen LogP contribution in [0.15, 0.2) is 60.7 Å². The van der Waals surface area contributed by atoms with E-state index >= 15 is 0 Å². The molecule has 4 unspecified atom stereocenters. The van der Waals surface area contributed by atoms with E-state index in [0.29, 0.717) is 6.42 Å². The van der Waals surface area contributed by atoms with Crippen LogP contribution in [0.4, 0.5) is 0 Å². The highest BCUT2D eigenvalue weighted by Crippen LogP contribution is 2.36. The Labute approximate surface area is 221 Å². The lowest BCUT2D eigenvalue weighted by Gasteiger charge is -2.43. The van der Waals surface area contributed by atoms with Crippen LogP contribution in [0, 0.1) is 11.8 Å². The van der Waals surface area contributed by atoms with Crippen LogP contribution in [0.5, 0.6) is 0 Å². The Balaban J connectivity index is 2.36. The van der Waals surface area contributed by atoms with Gasteiger partial charge in [0.2, 0.25) is 0 Å². The van der Waals surface area contributed by atoms with Gasteiger partial charge in [0.15, 0.2) is 6.10 Å². The van der Waals surface area contributed by atoms with Gasteiger partial charge in [-0.05, 0) is 56.6 Å².